The highest BCUT2D eigenvalue weighted by Crippen LogP contribution is 2.30. The standard InChI is InChI=1S/C23H24ClN3O4/c1-2-30-22(28)20-18(14-27-11-12-31-19-6-4-3-5-16(19)13-27)25-23(29)26-21(20)15-7-9-17(24)10-8-15/h3-10,21H,2,11-14H2,1H3,(H2,25,26,29). The van der Waals surface area contributed by atoms with E-state index in [1.54, 1.807) is 31.2 Å². The van der Waals surface area contributed by atoms with E-state index < -0.39 is 12.0 Å². The zero-order chi connectivity index (χ0) is 21.8. The van der Waals surface area contributed by atoms with Gasteiger partial charge in [0.15, 0.2) is 0 Å². The van der Waals surface area contributed by atoms with Crippen LogP contribution in [0.1, 0.15) is 24.1 Å². The van der Waals surface area contributed by atoms with Crippen LogP contribution in [0.3, 0.4) is 0 Å². The van der Waals surface area contributed by atoms with Gasteiger partial charge in [0.1, 0.15) is 12.4 Å². The topological polar surface area (TPSA) is 79.9 Å². The van der Waals surface area contributed by atoms with E-state index in [0.29, 0.717) is 42.5 Å². The van der Waals surface area contributed by atoms with Crippen LogP contribution < -0.4 is 15.4 Å². The number of rotatable bonds is 5. The highest BCUT2D eigenvalue weighted by Gasteiger charge is 2.34. The van der Waals surface area contributed by atoms with Gasteiger partial charge in [-0.25, -0.2) is 9.59 Å². The molecule has 1 unspecified atom stereocenters. The van der Waals surface area contributed by atoms with Gasteiger partial charge < -0.3 is 20.1 Å². The van der Waals surface area contributed by atoms with Crippen molar-refractivity contribution < 1.29 is 19.1 Å². The van der Waals surface area contributed by atoms with Crippen molar-refractivity contribution in [2.24, 2.45) is 0 Å². The fourth-order valence-corrected chi connectivity index (χ4v) is 3.96. The average Bonchev–Trinajstić information content (AvgIpc) is 2.95. The first kappa shape index (κ1) is 21.2. The summed E-state index contributed by atoms with van der Waals surface area (Å²) in [7, 11) is 0. The molecule has 0 saturated carbocycles. The summed E-state index contributed by atoms with van der Waals surface area (Å²) in [6, 6.07) is 13.9. The molecule has 2 aliphatic heterocycles. The van der Waals surface area contributed by atoms with E-state index in [2.05, 4.69) is 15.5 Å². The summed E-state index contributed by atoms with van der Waals surface area (Å²) in [6.45, 7) is 4.19. The van der Waals surface area contributed by atoms with Crippen LogP contribution in [0.2, 0.25) is 5.02 Å². The summed E-state index contributed by atoms with van der Waals surface area (Å²) in [5.74, 6) is 0.398. The van der Waals surface area contributed by atoms with Gasteiger partial charge in [0.2, 0.25) is 0 Å². The zero-order valence-electron chi connectivity index (χ0n) is 17.2. The number of fused-ring (bicyclic) bond motifs is 1. The van der Waals surface area contributed by atoms with Gasteiger partial charge in [0.25, 0.3) is 0 Å². The fraction of sp³-hybridized carbons (Fsp3) is 0.304. The molecule has 0 aliphatic carbocycles. The van der Waals surface area contributed by atoms with E-state index in [0.717, 1.165) is 16.9 Å². The van der Waals surface area contributed by atoms with Gasteiger partial charge in [-0.3, -0.25) is 4.90 Å². The van der Waals surface area contributed by atoms with E-state index in [1.807, 2.05) is 24.3 Å². The maximum atomic E-state index is 12.9. The Hall–Kier alpha value is -3.03. The molecular weight excluding hydrogens is 418 g/mol. The van der Waals surface area contributed by atoms with Gasteiger partial charge in [0.05, 0.1) is 18.2 Å². The lowest BCUT2D eigenvalue weighted by Crippen LogP contribution is -2.48. The third-order valence-electron chi connectivity index (χ3n) is 5.27. The van der Waals surface area contributed by atoms with Crippen molar-refractivity contribution in [3.05, 3.63) is 76.0 Å². The second kappa shape index (κ2) is 9.41. The van der Waals surface area contributed by atoms with Gasteiger partial charge in [-0.2, -0.15) is 0 Å². The molecule has 0 fully saturated rings. The lowest BCUT2D eigenvalue weighted by Gasteiger charge is -2.31. The van der Waals surface area contributed by atoms with Crippen molar-refractivity contribution >= 4 is 23.6 Å². The zero-order valence-corrected chi connectivity index (χ0v) is 17.9. The third-order valence-corrected chi connectivity index (χ3v) is 5.52. The summed E-state index contributed by atoms with van der Waals surface area (Å²) < 4.78 is 11.2. The van der Waals surface area contributed by atoms with E-state index in [1.165, 1.54) is 0 Å². The Kier molecular flexibility index (Phi) is 6.44. The molecule has 0 bridgehead atoms. The number of para-hydroxylation sites is 1. The Balaban J connectivity index is 1.68. The molecule has 162 valence electrons. The van der Waals surface area contributed by atoms with Crippen LogP contribution >= 0.6 is 11.6 Å². The molecule has 7 nitrogen and oxygen atoms in total. The molecule has 0 spiro atoms. The van der Waals surface area contributed by atoms with Crippen LogP contribution in [0.5, 0.6) is 5.75 Å². The Morgan fingerprint density at radius 3 is 2.77 bits per heavy atom. The quantitative estimate of drug-likeness (QED) is 0.695. The number of hydrogen-bond acceptors (Lipinski definition) is 5. The lowest BCUT2D eigenvalue weighted by molar-refractivity contribution is -0.139. The molecule has 0 aromatic heterocycles. The Bertz CT molecular complexity index is 1010. The normalized spacial score (nSPS) is 18.9. The van der Waals surface area contributed by atoms with Crippen molar-refractivity contribution in [3.63, 3.8) is 0 Å². The highest BCUT2D eigenvalue weighted by atomic mass is 35.5. The maximum Gasteiger partial charge on any atom is 0.338 e. The maximum absolute atomic E-state index is 12.9. The molecule has 1 atom stereocenters. The molecule has 0 saturated heterocycles. The van der Waals surface area contributed by atoms with Gasteiger partial charge >= 0.3 is 12.0 Å². The van der Waals surface area contributed by atoms with Crippen molar-refractivity contribution in [1.82, 2.24) is 15.5 Å². The van der Waals surface area contributed by atoms with Crippen LogP contribution in [0.4, 0.5) is 4.79 Å². The highest BCUT2D eigenvalue weighted by molar-refractivity contribution is 6.30. The molecule has 2 aromatic carbocycles. The van der Waals surface area contributed by atoms with Crippen LogP contribution in [0, 0.1) is 0 Å². The number of amides is 2. The fourth-order valence-electron chi connectivity index (χ4n) is 3.84. The molecule has 2 heterocycles. The number of benzene rings is 2. The summed E-state index contributed by atoms with van der Waals surface area (Å²) in [5, 5.41) is 6.25. The number of halogens is 1. The number of esters is 1. The molecule has 2 N–H and O–H groups in total. The van der Waals surface area contributed by atoms with E-state index in [-0.39, 0.29) is 12.6 Å². The van der Waals surface area contributed by atoms with Crippen LogP contribution in [-0.2, 0) is 16.1 Å². The number of urea groups is 1. The SMILES string of the molecule is CCOC(=O)C1=C(CN2CCOc3ccccc3C2)NC(=O)NC1c1ccc(Cl)cc1. The minimum absolute atomic E-state index is 0.238. The van der Waals surface area contributed by atoms with Crippen molar-refractivity contribution in [3.8, 4) is 5.75 Å². The number of nitrogens with one attached hydrogen (secondary N) is 2. The number of nitrogens with zero attached hydrogens (tertiary/aromatic N) is 1. The lowest BCUT2D eigenvalue weighted by atomic mass is 9.95. The number of carbonyl (C=O) groups is 2. The van der Waals surface area contributed by atoms with Crippen molar-refractivity contribution in [2.45, 2.75) is 19.5 Å². The van der Waals surface area contributed by atoms with Crippen LogP contribution in [-0.4, -0.2) is 43.2 Å². The Morgan fingerprint density at radius 2 is 2.00 bits per heavy atom. The first-order chi connectivity index (χ1) is 15.0. The van der Waals surface area contributed by atoms with Crippen molar-refractivity contribution in [1.29, 1.82) is 0 Å². The first-order valence-electron chi connectivity index (χ1n) is 10.2. The Labute approximate surface area is 186 Å². The van der Waals surface area contributed by atoms with Gasteiger partial charge in [-0.05, 0) is 30.7 Å². The van der Waals surface area contributed by atoms with E-state index >= 15 is 0 Å². The molecule has 0 radical (unpaired) electrons. The molecule has 2 aromatic rings. The number of ether oxygens (including phenoxy) is 2. The monoisotopic (exact) mass is 441 g/mol. The minimum atomic E-state index is -0.629. The third kappa shape index (κ3) is 4.84. The van der Waals surface area contributed by atoms with Crippen LogP contribution in [0.15, 0.2) is 59.8 Å². The Morgan fingerprint density at radius 1 is 1.23 bits per heavy atom. The summed E-state index contributed by atoms with van der Waals surface area (Å²) in [6.07, 6.45) is 0. The predicted octanol–water partition coefficient (Wildman–Crippen LogP) is 3.41. The van der Waals surface area contributed by atoms with E-state index in [4.69, 9.17) is 21.1 Å². The van der Waals surface area contributed by atoms with Gasteiger partial charge in [-0.15, -0.1) is 0 Å². The molecular formula is C23H24ClN3O4. The van der Waals surface area contributed by atoms with Crippen molar-refractivity contribution in [2.75, 3.05) is 26.3 Å². The largest absolute Gasteiger partial charge is 0.492 e. The van der Waals surface area contributed by atoms with Gasteiger partial charge in [-0.1, -0.05) is 41.9 Å². The second-order valence-electron chi connectivity index (χ2n) is 7.36. The molecule has 2 amide bonds. The number of hydrogen-bond donors (Lipinski definition) is 2. The molecule has 31 heavy (non-hydrogen) atoms. The summed E-state index contributed by atoms with van der Waals surface area (Å²) in [5.41, 5.74) is 2.74. The molecule has 8 heteroatoms. The van der Waals surface area contributed by atoms with Crippen LogP contribution in [0.25, 0.3) is 0 Å². The summed E-state index contributed by atoms with van der Waals surface area (Å²) >= 11 is 6.02. The molecule has 4 rings (SSSR count). The van der Waals surface area contributed by atoms with E-state index in [9.17, 15) is 9.59 Å². The smallest absolute Gasteiger partial charge is 0.338 e. The average molecular weight is 442 g/mol. The minimum Gasteiger partial charge on any atom is -0.492 e. The second-order valence-corrected chi connectivity index (χ2v) is 7.80. The van der Waals surface area contributed by atoms with Gasteiger partial charge in [0, 0.05) is 35.9 Å². The summed E-state index contributed by atoms with van der Waals surface area (Å²) in [4.78, 5) is 27.6. The number of carbonyl (C=O) groups excluding carboxylic acids is 2. The molecule has 2 aliphatic rings. The predicted molar refractivity (Wildman–Crippen MR) is 117 cm³/mol. The first-order valence-corrected chi connectivity index (χ1v) is 10.6.